The smallest absolute Gasteiger partial charge is 0.387 e. The second-order valence-electron chi connectivity index (χ2n) is 5.50. The lowest BCUT2D eigenvalue weighted by Gasteiger charge is -2.17. The van der Waals surface area contributed by atoms with Crippen molar-refractivity contribution in [3.05, 3.63) is 41.2 Å². The normalized spacial score (nSPS) is 12.5. The van der Waals surface area contributed by atoms with E-state index in [1.807, 2.05) is 0 Å². The Balaban J connectivity index is 2.23. The van der Waals surface area contributed by atoms with Gasteiger partial charge in [-0.05, 0) is 44.5 Å². The molecule has 0 aliphatic carbocycles. The maximum atomic E-state index is 12.7. The zero-order valence-electron chi connectivity index (χ0n) is 13.8. The van der Waals surface area contributed by atoms with Crippen LogP contribution < -0.4 is 10.1 Å². The number of rotatable bonds is 6. The van der Waals surface area contributed by atoms with Crippen molar-refractivity contribution in [1.29, 1.82) is 0 Å². The molecule has 0 aliphatic rings. The summed E-state index contributed by atoms with van der Waals surface area (Å²) < 4.78 is 55.9. The van der Waals surface area contributed by atoms with E-state index in [9.17, 15) is 22.4 Å². The standard InChI is InChI=1S/C16H17F4N3O2/c1-8-4-5-13(25-16(19)20)11(6-8)21-15(24)10(3)23-9(2)7-12(22-23)14(17)18/h4-7,10,14,16H,1-3H3,(H,21,24). The van der Waals surface area contributed by atoms with Crippen molar-refractivity contribution >= 4 is 11.6 Å². The molecule has 1 amide bonds. The van der Waals surface area contributed by atoms with Gasteiger partial charge in [0.15, 0.2) is 0 Å². The highest BCUT2D eigenvalue weighted by molar-refractivity contribution is 5.94. The molecule has 0 radical (unpaired) electrons. The summed E-state index contributed by atoms with van der Waals surface area (Å²) >= 11 is 0. The van der Waals surface area contributed by atoms with Crippen molar-refractivity contribution in [1.82, 2.24) is 9.78 Å². The van der Waals surface area contributed by atoms with Gasteiger partial charge >= 0.3 is 6.61 Å². The van der Waals surface area contributed by atoms with E-state index in [1.165, 1.54) is 25.1 Å². The Morgan fingerprint density at radius 1 is 1.20 bits per heavy atom. The molecule has 2 rings (SSSR count). The maximum absolute atomic E-state index is 12.7. The number of aromatic nitrogens is 2. The van der Waals surface area contributed by atoms with Gasteiger partial charge in [0.25, 0.3) is 6.43 Å². The highest BCUT2D eigenvalue weighted by Gasteiger charge is 2.22. The summed E-state index contributed by atoms with van der Waals surface area (Å²) in [7, 11) is 0. The number of amides is 1. The number of hydrogen-bond acceptors (Lipinski definition) is 3. The van der Waals surface area contributed by atoms with Gasteiger partial charge < -0.3 is 10.1 Å². The molecule has 136 valence electrons. The summed E-state index contributed by atoms with van der Waals surface area (Å²) in [6.07, 6.45) is -2.75. The van der Waals surface area contributed by atoms with E-state index in [1.54, 1.807) is 19.9 Å². The van der Waals surface area contributed by atoms with Crippen LogP contribution >= 0.6 is 0 Å². The summed E-state index contributed by atoms with van der Waals surface area (Å²) in [5, 5.41) is 6.19. The van der Waals surface area contributed by atoms with Crippen molar-refractivity contribution in [3.8, 4) is 5.75 Å². The Bertz CT molecular complexity index is 762. The lowest BCUT2D eigenvalue weighted by molar-refractivity contribution is -0.119. The molecule has 1 N–H and O–H groups in total. The Morgan fingerprint density at radius 2 is 1.88 bits per heavy atom. The minimum atomic E-state index is -3.04. The fourth-order valence-corrected chi connectivity index (χ4v) is 2.30. The number of nitrogens with one attached hydrogen (secondary N) is 1. The summed E-state index contributed by atoms with van der Waals surface area (Å²) in [4.78, 5) is 12.4. The van der Waals surface area contributed by atoms with Crippen LogP contribution in [-0.2, 0) is 4.79 Å². The lowest BCUT2D eigenvalue weighted by atomic mass is 10.2. The average Bonchev–Trinajstić information content (AvgIpc) is 2.91. The number of aryl methyl sites for hydroxylation is 2. The molecule has 2 aromatic rings. The van der Waals surface area contributed by atoms with Gasteiger partial charge in [-0.3, -0.25) is 9.48 Å². The lowest BCUT2D eigenvalue weighted by Crippen LogP contribution is -2.25. The van der Waals surface area contributed by atoms with Crippen molar-refractivity contribution in [2.45, 2.75) is 39.9 Å². The van der Waals surface area contributed by atoms with E-state index in [2.05, 4.69) is 15.2 Å². The van der Waals surface area contributed by atoms with Crippen LogP contribution in [0.3, 0.4) is 0 Å². The molecule has 9 heteroatoms. The molecule has 0 spiro atoms. The fraction of sp³-hybridized carbons (Fsp3) is 0.375. The first kappa shape index (κ1) is 18.8. The number of ether oxygens (including phenoxy) is 1. The molecule has 0 saturated carbocycles. The number of anilines is 1. The van der Waals surface area contributed by atoms with E-state index in [0.29, 0.717) is 5.69 Å². The van der Waals surface area contributed by atoms with Crippen molar-refractivity contribution in [2.24, 2.45) is 0 Å². The second kappa shape index (κ2) is 7.54. The molecule has 25 heavy (non-hydrogen) atoms. The summed E-state index contributed by atoms with van der Waals surface area (Å²) in [5.74, 6) is -0.789. The SMILES string of the molecule is Cc1ccc(OC(F)F)c(NC(=O)C(C)n2nc(C(F)F)cc2C)c1. The van der Waals surface area contributed by atoms with Crippen LogP contribution in [0.4, 0.5) is 23.2 Å². The van der Waals surface area contributed by atoms with Gasteiger partial charge in [-0.2, -0.15) is 13.9 Å². The van der Waals surface area contributed by atoms with Gasteiger partial charge in [0.2, 0.25) is 5.91 Å². The van der Waals surface area contributed by atoms with Crippen molar-refractivity contribution < 1.29 is 27.1 Å². The zero-order valence-corrected chi connectivity index (χ0v) is 13.8. The fourth-order valence-electron chi connectivity index (χ4n) is 2.30. The highest BCUT2D eigenvalue weighted by Crippen LogP contribution is 2.28. The van der Waals surface area contributed by atoms with Gasteiger partial charge in [-0.15, -0.1) is 0 Å². The number of halogens is 4. The molecule has 1 heterocycles. The topological polar surface area (TPSA) is 56.1 Å². The molecule has 1 unspecified atom stereocenters. The minimum Gasteiger partial charge on any atom is -0.433 e. The van der Waals surface area contributed by atoms with Crippen molar-refractivity contribution in [2.75, 3.05) is 5.32 Å². The number of alkyl halides is 4. The molecule has 0 saturated heterocycles. The number of benzene rings is 1. The second-order valence-corrected chi connectivity index (χ2v) is 5.50. The van der Waals surface area contributed by atoms with Crippen LogP contribution in [0.15, 0.2) is 24.3 Å². The van der Waals surface area contributed by atoms with Gasteiger partial charge in [-0.1, -0.05) is 6.07 Å². The number of carbonyl (C=O) groups is 1. The summed E-state index contributed by atoms with van der Waals surface area (Å²) in [6, 6.07) is 4.61. The number of hydrogen-bond donors (Lipinski definition) is 1. The monoisotopic (exact) mass is 359 g/mol. The highest BCUT2D eigenvalue weighted by atomic mass is 19.3. The Hall–Kier alpha value is -2.58. The quantitative estimate of drug-likeness (QED) is 0.785. The van der Waals surface area contributed by atoms with E-state index in [0.717, 1.165) is 10.2 Å². The van der Waals surface area contributed by atoms with Gasteiger partial charge in [0.05, 0.1) is 5.69 Å². The molecule has 0 bridgehead atoms. The third kappa shape index (κ3) is 4.49. The van der Waals surface area contributed by atoms with Crippen LogP contribution in [0, 0.1) is 13.8 Å². The van der Waals surface area contributed by atoms with Crippen molar-refractivity contribution in [3.63, 3.8) is 0 Å². The van der Waals surface area contributed by atoms with E-state index in [-0.39, 0.29) is 11.4 Å². The van der Waals surface area contributed by atoms with Crippen LogP contribution in [0.5, 0.6) is 5.75 Å². The Labute approximate surface area is 141 Å². The Morgan fingerprint density at radius 3 is 2.44 bits per heavy atom. The molecular weight excluding hydrogens is 342 g/mol. The molecule has 0 aliphatic heterocycles. The third-order valence-electron chi connectivity index (χ3n) is 3.52. The van der Waals surface area contributed by atoms with E-state index in [4.69, 9.17) is 0 Å². The van der Waals surface area contributed by atoms with Gasteiger partial charge in [0.1, 0.15) is 17.5 Å². The van der Waals surface area contributed by atoms with E-state index >= 15 is 0 Å². The third-order valence-corrected chi connectivity index (χ3v) is 3.52. The zero-order chi connectivity index (χ0) is 18.7. The van der Waals surface area contributed by atoms with Gasteiger partial charge in [-0.25, -0.2) is 8.78 Å². The van der Waals surface area contributed by atoms with Crippen LogP contribution in [-0.4, -0.2) is 22.3 Å². The van der Waals surface area contributed by atoms with Crippen LogP contribution in [0.2, 0.25) is 0 Å². The average molecular weight is 359 g/mol. The first-order chi connectivity index (χ1) is 11.7. The predicted molar refractivity (Wildman–Crippen MR) is 83.1 cm³/mol. The molecule has 5 nitrogen and oxygen atoms in total. The molecular formula is C16H17F4N3O2. The maximum Gasteiger partial charge on any atom is 0.387 e. The Kier molecular flexibility index (Phi) is 5.66. The molecule has 0 fully saturated rings. The van der Waals surface area contributed by atoms with Gasteiger partial charge in [0, 0.05) is 5.69 Å². The summed E-state index contributed by atoms with van der Waals surface area (Å²) in [6.45, 7) is 1.68. The van der Waals surface area contributed by atoms with E-state index < -0.39 is 30.7 Å². The number of carbonyl (C=O) groups excluding carboxylic acids is 1. The summed E-state index contributed by atoms with van der Waals surface area (Å²) in [5.41, 5.74) is 0.733. The molecule has 1 aromatic heterocycles. The molecule has 1 atom stereocenters. The molecule has 1 aromatic carbocycles. The first-order valence-electron chi connectivity index (χ1n) is 7.39. The minimum absolute atomic E-state index is 0.0658. The van der Waals surface area contributed by atoms with Crippen LogP contribution in [0.25, 0.3) is 0 Å². The predicted octanol–water partition coefficient (Wildman–Crippen LogP) is 4.24. The largest absolute Gasteiger partial charge is 0.433 e. The van der Waals surface area contributed by atoms with Crippen LogP contribution in [0.1, 0.15) is 36.3 Å². The number of nitrogens with zero attached hydrogens (tertiary/aromatic N) is 2. The first-order valence-corrected chi connectivity index (χ1v) is 7.39.